The molecule has 0 aliphatic heterocycles. The number of aliphatic imine (C=N–C) groups is 1. The van der Waals surface area contributed by atoms with Gasteiger partial charge < -0.3 is 4.74 Å². The van der Waals surface area contributed by atoms with E-state index < -0.39 is 0 Å². The highest BCUT2D eigenvalue weighted by Gasteiger charge is 2.11. The summed E-state index contributed by atoms with van der Waals surface area (Å²) in [5.74, 6) is 0.759. The van der Waals surface area contributed by atoms with Crippen molar-refractivity contribution in [3.8, 4) is 5.75 Å². The van der Waals surface area contributed by atoms with E-state index in [1.165, 1.54) is 0 Å². The molecule has 0 saturated carbocycles. The third-order valence-corrected chi connectivity index (χ3v) is 3.60. The molecule has 0 fully saturated rings. The third-order valence-electron chi connectivity index (χ3n) is 3.60. The topological polar surface area (TPSA) is 34.5 Å². The van der Waals surface area contributed by atoms with Crippen molar-refractivity contribution in [2.45, 2.75) is 6.92 Å². The van der Waals surface area contributed by atoms with Crippen molar-refractivity contribution >= 4 is 11.4 Å². The van der Waals surface area contributed by atoms with Gasteiger partial charge in [0.1, 0.15) is 11.4 Å². The fraction of sp³-hybridized carbons (Fsp3) is 0.100. The minimum atomic E-state index is 0.759. The maximum Gasteiger partial charge on any atom is 0.144 e. The van der Waals surface area contributed by atoms with E-state index in [0.717, 1.165) is 34.0 Å². The molecule has 0 amide bonds. The summed E-state index contributed by atoms with van der Waals surface area (Å²) in [5, 5.41) is 0. The van der Waals surface area contributed by atoms with Crippen LogP contribution >= 0.6 is 0 Å². The molecule has 3 aromatic rings. The summed E-state index contributed by atoms with van der Waals surface area (Å²) < 4.78 is 5.47. The minimum absolute atomic E-state index is 0.759. The molecule has 3 heteroatoms. The first-order chi connectivity index (χ1) is 11.3. The zero-order valence-electron chi connectivity index (χ0n) is 13.2. The smallest absolute Gasteiger partial charge is 0.144 e. The molecule has 23 heavy (non-hydrogen) atoms. The van der Waals surface area contributed by atoms with Crippen molar-refractivity contribution < 1.29 is 4.74 Å². The zero-order valence-corrected chi connectivity index (χ0v) is 13.2. The maximum atomic E-state index is 5.47. The number of hydrogen-bond donors (Lipinski definition) is 0. The second-order valence-electron chi connectivity index (χ2n) is 5.17. The third kappa shape index (κ3) is 3.29. The number of methoxy groups -OCH3 is 1. The number of para-hydroxylation sites is 1. The summed E-state index contributed by atoms with van der Waals surface area (Å²) in [6.07, 6.45) is 1.78. The lowest BCUT2D eigenvalue weighted by molar-refractivity contribution is 0.416. The molecule has 3 nitrogen and oxygen atoms in total. The molecule has 0 spiro atoms. The fourth-order valence-corrected chi connectivity index (χ4v) is 2.42. The summed E-state index contributed by atoms with van der Waals surface area (Å²) in [7, 11) is 1.66. The van der Waals surface area contributed by atoms with Crippen LogP contribution in [-0.4, -0.2) is 17.8 Å². The van der Waals surface area contributed by atoms with E-state index in [2.05, 4.69) is 4.98 Å². The summed E-state index contributed by atoms with van der Waals surface area (Å²) in [5.41, 5.74) is 4.59. The lowest BCUT2D eigenvalue weighted by Crippen LogP contribution is -2.05. The Labute approximate surface area is 136 Å². The minimum Gasteiger partial charge on any atom is -0.494 e. The first-order valence-electron chi connectivity index (χ1n) is 7.48. The molecule has 0 unspecified atom stereocenters. The molecule has 2 aromatic carbocycles. The van der Waals surface area contributed by atoms with Gasteiger partial charge in [0.15, 0.2) is 0 Å². The Morgan fingerprint density at radius 1 is 0.913 bits per heavy atom. The summed E-state index contributed by atoms with van der Waals surface area (Å²) in [6.45, 7) is 2.03. The number of pyridine rings is 1. The van der Waals surface area contributed by atoms with Crippen LogP contribution in [0.25, 0.3) is 0 Å². The van der Waals surface area contributed by atoms with Crippen LogP contribution in [0.1, 0.15) is 16.8 Å². The van der Waals surface area contributed by atoms with Crippen molar-refractivity contribution in [1.29, 1.82) is 0 Å². The first kappa shape index (κ1) is 15.0. The van der Waals surface area contributed by atoms with Crippen LogP contribution in [-0.2, 0) is 0 Å². The molecule has 0 N–H and O–H groups in total. The maximum absolute atomic E-state index is 5.47. The zero-order chi connectivity index (χ0) is 16.1. The average Bonchev–Trinajstić information content (AvgIpc) is 2.62. The Hall–Kier alpha value is -2.94. The number of aromatic nitrogens is 1. The van der Waals surface area contributed by atoms with Gasteiger partial charge in [0.25, 0.3) is 0 Å². The molecule has 0 aliphatic carbocycles. The van der Waals surface area contributed by atoms with Gasteiger partial charge in [-0.05, 0) is 30.7 Å². The molecule has 0 radical (unpaired) electrons. The SMILES string of the molecule is COc1cccc(C)c1N=C(c1ccccc1)c1ccccn1. The van der Waals surface area contributed by atoms with Crippen LogP contribution < -0.4 is 4.74 Å². The molecule has 0 atom stereocenters. The van der Waals surface area contributed by atoms with Crippen molar-refractivity contribution in [2.75, 3.05) is 7.11 Å². The number of hydrogen-bond acceptors (Lipinski definition) is 3. The van der Waals surface area contributed by atoms with Crippen LogP contribution in [0, 0.1) is 6.92 Å². The molecule has 1 aromatic heterocycles. The quantitative estimate of drug-likeness (QED) is 0.662. The highest BCUT2D eigenvalue weighted by Crippen LogP contribution is 2.32. The number of aryl methyl sites for hydroxylation is 1. The molecule has 1 heterocycles. The Kier molecular flexibility index (Phi) is 4.48. The Bertz CT molecular complexity index is 770. The summed E-state index contributed by atoms with van der Waals surface area (Å²) >= 11 is 0. The predicted molar refractivity (Wildman–Crippen MR) is 93.7 cm³/mol. The fourth-order valence-electron chi connectivity index (χ4n) is 2.42. The lowest BCUT2D eigenvalue weighted by atomic mass is 10.1. The van der Waals surface area contributed by atoms with Gasteiger partial charge in [0.05, 0.1) is 18.5 Å². The van der Waals surface area contributed by atoms with Gasteiger partial charge in [-0.3, -0.25) is 4.98 Å². The van der Waals surface area contributed by atoms with E-state index in [-0.39, 0.29) is 0 Å². The number of ether oxygens (including phenoxy) is 1. The lowest BCUT2D eigenvalue weighted by Gasteiger charge is -2.11. The van der Waals surface area contributed by atoms with Crippen LogP contribution in [0.15, 0.2) is 77.9 Å². The van der Waals surface area contributed by atoms with Crippen LogP contribution in [0.3, 0.4) is 0 Å². The molecule has 0 aliphatic rings. The van der Waals surface area contributed by atoms with Gasteiger partial charge in [0.2, 0.25) is 0 Å². The molecular formula is C20H18N2O. The highest BCUT2D eigenvalue weighted by atomic mass is 16.5. The number of benzene rings is 2. The second kappa shape index (κ2) is 6.88. The predicted octanol–water partition coefficient (Wildman–Crippen LogP) is 4.57. The molecule has 114 valence electrons. The van der Waals surface area contributed by atoms with Crippen molar-refractivity contribution in [1.82, 2.24) is 4.98 Å². The van der Waals surface area contributed by atoms with Crippen molar-refractivity contribution in [2.24, 2.45) is 4.99 Å². The summed E-state index contributed by atoms with van der Waals surface area (Å²) in [6, 6.07) is 21.8. The van der Waals surface area contributed by atoms with Crippen LogP contribution in [0.2, 0.25) is 0 Å². The van der Waals surface area contributed by atoms with Crippen LogP contribution in [0.5, 0.6) is 5.75 Å². The van der Waals surface area contributed by atoms with Gasteiger partial charge in [-0.2, -0.15) is 0 Å². The van der Waals surface area contributed by atoms with Gasteiger partial charge in [-0.1, -0.05) is 48.5 Å². The van der Waals surface area contributed by atoms with Gasteiger partial charge in [-0.15, -0.1) is 0 Å². The van der Waals surface area contributed by atoms with E-state index in [1.54, 1.807) is 13.3 Å². The Morgan fingerprint density at radius 3 is 2.39 bits per heavy atom. The average molecular weight is 302 g/mol. The number of nitrogens with zero attached hydrogens (tertiary/aromatic N) is 2. The second-order valence-corrected chi connectivity index (χ2v) is 5.17. The Balaban J connectivity index is 2.21. The molecule has 3 rings (SSSR count). The summed E-state index contributed by atoms with van der Waals surface area (Å²) in [4.78, 5) is 9.36. The van der Waals surface area contributed by atoms with Crippen molar-refractivity contribution in [3.05, 3.63) is 89.7 Å². The van der Waals surface area contributed by atoms with Gasteiger partial charge in [-0.25, -0.2) is 4.99 Å². The normalized spacial score (nSPS) is 11.3. The Morgan fingerprint density at radius 2 is 1.70 bits per heavy atom. The van der Waals surface area contributed by atoms with E-state index >= 15 is 0 Å². The van der Waals surface area contributed by atoms with E-state index in [0.29, 0.717) is 0 Å². The van der Waals surface area contributed by atoms with Gasteiger partial charge >= 0.3 is 0 Å². The molecule has 0 bridgehead atoms. The highest BCUT2D eigenvalue weighted by molar-refractivity contribution is 6.13. The van der Waals surface area contributed by atoms with E-state index in [4.69, 9.17) is 9.73 Å². The number of rotatable bonds is 4. The monoisotopic (exact) mass is 302 g/mol. The standard InChI is InChI=1S/C20H18N2O/c1-15-9-8-13-18(23-2)19(15)22-20(16-10-4-3-5-11-16)17-12-6-7-14-21-17/h3-14H,1-2H3. The van der Waals surface area contributed by atoms with Crippen molar-refractivity contribution in [3.63, 3.8) is 0 Å². The van der Waals surface area contributed by atoms with Crippen LogP contribution in [0.4, 0.5) is 5.69 Å². The van der Waals surface area contributed by atoms with E-state index in [9.17, 15) is 0 Å². The van der Waals surface area contributed by atoms with Gasteiger partial charge in [0, 0.05) is 11.8 Å². The first-order valence-corrected chi connectivity index (χ1v) is 7.48. The molecular weight excluding hydrogens is 284 g/mol. The molecule has 0 saturated heterocycles. The van der Waals surface area contributed by atoms with E-state index in [1.807, 2.05) is 73.7 Å². The largest absolute Gasteiger partial charge is 0.494 e.